The van der Waals surface area contributed by atoms with Crippen molar-refractivity contribution in [3.05, 3.63) is 18.2 Å². The molecule has 154 valence electrons. The molecule has 2 aromatic rings. The highest BCUT2D eigenvalue weighted by Crippen LogP contribution is 2.33. The molecule has 2 heterocycles. The van der Waals surface area contributed by atoms with Crippen LogP contribution in [0.3, 0.4) is 0 Å². The number of carbonyl (C=O) groups is 2. The molecule has 4 rings (SSSR count). The normalized spacial score (nSPS) is 16.3. The second kappa shape index (κ2) is 9.45. The average molecular weight is 435 g/mol. The number of carbonyl (C=O) groups excluding carboxylic acids is 2. The SMILES string of the molecule is O=C(CSc1nnc(NC(=O)C2CCCCC2)s1)Nc1ccc2c(c1)OCCO2. The number of nitrogens with zero attached hydrogens (tertiary/aromatic N) is 2. The molecule has 1 fully saturated rings. The summed E-state index contributed by atoms with van der Waals surface area (Å²) in [4.78, 5) is 24.5. The van der Waals surface area contributed by atoms with Gasteiger partial charge in [-0.2, -0.15) is 0 Å². The lowest BCUT2D eigenvalue weighted by atomic mass is 9.89. The van der Waals surface area contributed by atoms with Crippen LogP contribution in [0.15, 0.2) is 22.5 Å². The molecule has 2 N–H and O–H groups in total. The van der Waals surface area contributed by atoms with E-state index in [0.29, 0.717) is 39.9 Å². The highest BCUT2D eigenvalue weighted by atomic mass is 32.2. The van der Waals surface area contributed by atoms with Gasteiger partial charge in [-0.05, 0) is 25.0 Å². The van der Waals surface area contributed by atoms with E-state index in [1.165, 1.54) is 29.5 Å². The summed E-state index contributed by atoms with van der Waals surface area (Å²) in [5.74, 6) is 1.44. The zero-order chi connectivity index (χ0) is 20.1. The number of ether oxygens (including phenoxy) is 2. The molecule has 0 bridgehead atoms. The van der Waals surface area contributed by atoms with Crippen molar-refractivity contribution in [1.82, 2.24) is 10.2 Å². The predicted octanol–water partition coefficient (Wildman–Crippen LogP) is 3.56. The molecule has 0 saturated heterocycles. The van der Waals surface area contributed by atoms with Crippen molar-refractivity contribution >= 4 is 45.7 Å². The Labute approximate surface area is 176 Å². The van der Waals surface area contributed by atoms with Crippen LogP contribution in [0.1, 0.15) is 32.1 Å². The standard InChI is InChI=1S/C19H22N4O4S2/c24-16(20-13-6-7-14-15(10-13)27-9-8-26-14)11-28-19-23-22-18(29-19)21-17(25)12-4-2-1-3-5-12/h6-7,10,12H,1-5,8-9,11H2,(H,20,24)(H,21,22,25). The van der Waals surface area contributed by atoms with E-state index < -0.39 is 0 Å². The van der Waals surface area contributed by atoms with Crippen molar-refractivity contribution < 1.29 is 19.1 Å². The minimum atomic E-state index is -0.158. The van der Waals surface area contributed by atoms with Crippen molar-refractivity contribution in [3.8, 4) is 11.5 Å². The van der Waals surface area contributed by atoms with Crippen LogP contribution >= 0.6 is 23.1 Å². The summed E-state index contributed by atoms with van der Waals surface area (Å²) < 4.78 is 11.6. The number of nitrogens with one attached hydrogen (secondary N) is 2. The first-order chi connectivity index (χ1) is 14.2. The van der Waals surface area contributed by atoms with Crippen molar-refractivity contribution in [2.24, 2.45) is 5.92 Å². The average Bonchev–Trinajstić information content (AvgIpc) is 3.20. The van der Waals surface area contributed by atoms with Gasteiger partial charge >= 0.3 is 0 Å². The van der Waals surface area contributed by atoms with Crippen molar-refractivity contribution in [2.45, 2.75) is 36.4 Å². The van der Waals surface area contributed by atoms with Gasteiger partial charge in [-0.3, -0.25) is 9.59 Å². The van der Waals surface area contributed by atoms with Crippen molar-refractivity contribution in [1.29, 1.82) is 0 Å². The summed E-state index contributed by atoms with van der Waals surface area (Å²) in [6.07, 6.45) is 5.29. The van der Waals surface area contributed by atoms with Gasteiger partial charge in [0.15, 0.2) is 15.8 Å². The van der Waals surface area contributed by atoms with Gasteiger partial charge in [-0.15, -0.1) is 10.2 Å². The van der Waals surface area contributed by atoms with Crippen molar-refractivity contribution in [3.63, 3.8) is 0 Å². The first-order valence-electron chi connectivity index (χ1n) is 9.64. The van der Waals surface area contributed by atoms with E-state index in [9.17, 15) is 9.59 Å². The van der Waals surface area contributed by atoms with Crippen LogP contribution in [-0.4, -0.2) is 41.0 Å². The minimum absolute atomic E-state index is 0.0220. The van der Waals surface area contributed by atoms with Gasteiger partial charge in [0, 0.05) is 17.7 Å². The molecular weight excluding hydrogens is 412 g/mol. The fourth-order valence-electron chi connectivity index (χ4n) is 3.34. The van der Waals surface area contributed by atoms with Crippen LogP contribution in [-0.2, 0) is 9.59 Å². The predicted molar refractivity (Wildman–Crippen MR) is 112 cm³/mol. The van der Waals surface area contributed by atoms with E-state index in [2.05, 4.69) is 20.8 Å². The number of benzene rings is 1. The minimum Gasteiger partial charge on any atom is -0.486 e. The monoisotopic (exact) mass is 434 g/mol. The highest BCUT2D eigenvalue weighted by molar-refractivity contribution is 8.01. The third kappa shape index (κ3) is 5.39. The molecule has 10 heteroatoms. The zero-order valence-corrected chi connectivity index (χ0v) is 17.4. The molecule has 0 atom stereocenters. The van der Waals surface area contributed by atoms with E-state index in [1.54, 1.807) is 18.2 Å². The molecule has 0 radical (unpaired) electrons. The first-order valence-corrected chi connectivity index (χ1v) is 11.4. The van der Waals surface area contributed by atoms with E-state index in [-0.39, 0.29) is 23.5 Å². The third-order valence-corrected chi connectivity index (χ3v) is 6.74. The van der Waals surface area contributed by atoms with E-state index in [0.717, 1.165) is 25.7 Å². The van der Waals surface area contributed by atoms with Gasteiger partial charge in [0.1, 0.15) is 13.2 Å². The lowest BCUT2D eigenvalue weighted by molar-refractivity contribution is -0.120. The Morgan fingerprint density at radius 1 is 1.07 bits per heavy atom. The maximum atomic E-state index is 12.3. The molecule has 29 heavy (non-hydrogen) atoms. The number of amides is 2. The molecule has 1 aliphatic heterocycles. The lowest BCUT2D eigenvalue weighted by Crippen LogP contribution is -2.24. The summed E-state index contributed by atoms with van der Waals surface area (Å²) in [5.41, 5.74) is 0.651. The van der Waals surface area contributed by atoms with E-state index in [4.69, 9.17) is 9.47 Å². The number of hydrogen-bond acceptors (Lipinski definition) is 8. The summed E-state index contributed by atoms with van der Waals surface area (Å²) in [7, 11) is 0. The molecule has 1 aromatic heterocycles. The van der Waals surface area contributed by atoms with Gasteiger partial charge in [-0.25, -0.2) is 0 Å². The van der Waals surface area contributed by atoms with Crippen LogP contribution < -0.4 is 20.1 Å². The van der Waals surface area contributed by atoms with Gasteiger partial charge in [0.2, 0.25) is 16.9 Å². The van der Waals surface area contributed by atoms with E-state index >= 15 is 0 Å². The Bertz CT molecular complexity index is 883. The number of aromatic nitrogens is 2. The topological polar surface area (TPSA) is 102 Å². The quantitative estimate of drug-likeness (QED) is 0.529. The molecule has 1 saturated carbocycles. The van der Waals surface area contributed by atoms with Gasteiger partial charge in [0.05, 0.1) is 5.75 Å². The van der Waals surface area contributed by atoms with Crippen LogP contribution in [0.25, 0.3) is 0 Å². The number of fused-ring (bicyclic) bond motifs is 1. The Balaban J connectivity index is 1.25. The number of hydrogen-bond donors (Lipinski definition) is 2. The fraction of sp³-hybridized carbons (Fsp3) is 0.474. The Morgan fingerprint density at radius 2 is 1.86 bits per heavy atom. The molecule has 8 nitrogen and oxygen atoms in total. The second-order valence-electron chi connectivity index (χ2n) is 6.89. The Kier molecular flexibility index (Phi) is 6.50. The maximum absolute atomic E-state index is 12.3. The third-order valence-electron chi connectivity index (χ3n) is 4.77. The molecule has 2 aliphatic rings. The summed E-state index contributed by atoms with van der Waals surface area (Å²) in [6, 6.07) is 5.31. The van der Waals surface area contributed by atoms with Crippen LogP contribution in [0.2, 0.25) is 0 Å². The second-order valence-corrected chi connectivity index (χ2v) is 9.09. The molecule has 1 aliphatic carbocycles. The largest absolute Gasteiger partial charge is 0.486 e. The molecular formula is C19H22N4O4S2. The van der Waals surface area contributed by atoms with Crippen LogP contribution in [0.5, 0.6) is 11.5 Å². The molecule has 0 spiro atoms. The Hall–Kier alpha value is -2.33. The number of thioether (sulfide) groups is 1. The Morgan fingerprint density at radius 3 is 2.69 bits per heavy atom. The summed E-state index contributed by atoms with van der Waals surface area (Å²) in [5, 5.41) is 14.2. The summed E-state index contributed by atoms with van der Waals surface area (Å²) >= 11 is 2.57. The first kappa shape index (κ1) is 20.0. The molecule has 0 unspecified atom stereocenters. The molecule has 1 aromatic carbocycles. The van der Waals surface area contributed by atoms with E-state index in [1.807, 2.05) is 0 Å². The smallest absolute Gasteiger partial charge is 0.234 e. The fourth-order valence-corrected chi connectivity index (χ4v) is 4.89. The number of rotatable bonds is 6. The maximum Gasteiger partial charge on any atom is 0.234 e. The van der Waals surface area contributed by atoms with Gasteiger partial charge in [0.25, 0.3) is 0 Å². The van der Waals surface area contributed by atoms with Crippen LogP contribution in [0, 0.1) is 5.92 Å². The number of anilines is 2. The van der Waals surface area contributed by atoms with Gasteiger partial charge in [-0.1, -0.05) is 42.4 Å². The molecule has 2 amide bonds. The zero-order valence-electron chi connectivity index (χ0n) is 15.8. The lowest BCUT2D eigenvalue weighted by Gasteiger charge is -2.19. The van der Waals surface area contributed by atoms with Crippen molar-refractivity contribution in [2.75, 3.05) is 29.6 Å². The highest BCUT2D eigenvalue weighted by Gasteiger charge is 2.22. The summed E-state index contributed by atoms with van der Waals surface area (Å²) in [6.45, 7) is 1.03. The van der Waals surface area contributed by atoms with Gasteiger partial charge < -0.3 is 20.1 Å². The van der Waals surface area contributed by atoms with Crippen LogP contribution in [0.4, 0.5) is 10.8 Å².